The molecule has 0 saturated heterocycles. The smallest absolute Gasteiger partial charge is 0.331 e. The molecule has 6 heteroatoms. The van der Waals surface area contributed by atoms with Crippen molar-refractivity contribution in [2.24, 2.45) is 0 Å². The van der Waals surface area contributed by atoms with Crippen LogP contribution in [0.25, 0.3) is 6.08 Å². The molecule has 1 amide bonds. The minimum atomic E-state index is -0.577. The van der Waals surface area contributed by atoms with E-state index in [1.54, 1.807) is 6.08 Å². The Labute approximate surface area is 160 Å². The molecular weight excluding hydrogens is 346 g/mol. The molecular formula is C21H29NO5. The molecule has 0 aliphatic carbocycles. The molecule has 0 spiro atoms. The van der Waals surface area contributed by atoms with Gasteiger partial charge in [0.05, 0.1) is 6.61 Å². The number of rotatable bonds is 9. The van der Waals surface area contributed by atoms with Crippen molar-refractivity contribution in [3.8, 4) is 11.5 Å². The van der Waals surface area contributed by atoms with Crippen LogP contribution in [0.4, 0.5) is 0 Å². The lowest BCUT2D eigenvalue weighted by atomic mass is 10.1. The van der Waals surface area contributed by atoms with Crippen LogP contribution in [0.1, 0.15) is 51.7 Å². The second-order valence-electron chi connectivity index (χ2n) is 6.59. The zero-order valence-corrected chi connectivity index (χ0v) is 16.5. The standard InChI is InChI=1S/C21H29NO5/c1-5-17(6-2)22-20(23)13-26-21(24)9-8-15-11-19-16(10-14(4)27-19)12-18(15)25-7-3/h8-9,11-12,14,17H,5-7,10,13H2,1-4H3,(H,22,23)/b9-8+/t14-/m1/s1. The third-order valence-electron chi connectivity index (χ3n) is 4.42. The van der Waals surface area contributed by atoms with Crippen LogP contribution in [-0.4, -0.2) is 37.2 Å². The monoisotopic (exact) mass is 375 g/mol. The Balaban J connectivity index is 1.97. The zero-order valence-electron chi connectivity index (χ0n) is 16.5. The highest BCUT2D eigenvalue weighted by Gasteiger charge is 2.21. The molecule has 0 radical (unpaired) electrons. The molecule has 0 bridgehead atoms. The largest absolute Gasteiger partial charge is 0.493 e. The van der Waals surface area contributed by atoms with E-state index in [-0.39, 0.29) is 24.7 Å². The summed E-state index contributed by atoms with van der Waals surface area (Å²) in [6, 6.07) is 3.93. The molecule has 0 fully saturated rings. The highest BCUT2D eigenvalue weighted by molar-refractivity contribution is 5.89. The van der Waals surface area contributed by atoms with Gasteiger partial charge in [-0.1, -0.05) is 13.8 Å². The predicted molar refractivity (Wildman–Crippen MR) is 104 cm³/mol. The summed E-state index contributed by atoms with van der Waals surface area (Å²) in [6.07, 6.45) is 5.58. The summed E-state index contributed by atoms with van der Waals surface area (Å²) >= 11 is 0. The fourth-order valence-corrected chi connectivity index (χ4v) is 2.97. The second-order valence-corrected chi connectivity index (χ2v) is 6.59. The number of fused-ring (bicyclic) bond motifs is 1. The summed E-state index contributed by atoms with van der Waals surface area (Å²) in [5.41, 5.74) is 1.84. The Hall–Kier alpha value is -2.50. The van der Waals surface area contributed by atoms with Crippen molar-refractivity contribution >= 4 is 18.0 Å². The van der Waals surface area contributed by atoms with Gasteiger partial charge >= 0.3 is 5.97 Å². The van der Waals surface area contributed by atoms with Crippen LogP contribution in [0.3, 0.4) is 0 Å². The Kier molecular flexibility index (Phi) is 7.70. The maximum atomic E-state index is 11.9. The lowest BCUT2D eigenvalue weighted by Gasteiger charge is -2.14. The van der Waals surface area contributed by atoms with Gasteiger partial charge in [0.25, 0.3) is 5.91 Å². The molecule has 1 aliphatic rings. The first-order valence-electron chi connectivity index (χ1n) is 9.57. The lowest BCUT2D eigenvalue weighted by Crippen LogP contribution is -2.36. The fraction of sp³-hybridized carbons (Fsp3) is 0.524. The summed E-state index contributed by atoms with van der Waals surface area (Å²) < 4.78 is 16.5. The Morgan fingerprint density at radius 3 is 2.70 bits per heavy atom. The van der Waals surface area contributed by atoms with Gasteiger partial charge in [-0.15, -0.1) is 0 Å². The number of hydrogen-bond acceptors (Lipinski definition) is 5. The average molecular weight is 375 g/mol. The van der Waals surface area contributed by atoms with Crippen molar-refractivity contribution in [2.45, 2.75) is 59.1 Å². The van der Waals surface area contributed by atoms with Crippen LogP contribution >= 0.6 is 0 Å². The number of nitrogens with one attached hydrogen (secondary N) is 1. The van der Waals surface area contributed by atoms with Gasteiger partial charge in [0, 0.05) is 29.7 Å². The van der Waals surface area contributed by atoms with E-state index in [0.717, 1.165) is 36.1 Å². The molecule has 0 unspecified atom stereocenters. The summed E-state index contributed by atoms with van der Waals surface area (Å²) in [4.78, 5) is 23.7. The average Bonchev–Trinajstić information content (AvgIpc) is 3.01. The van der Waals surface area contributed by atoms with E-state index in [4.69, 9.17) is 14.2 Å². The Morgan fingerprint density at radius 2 is 2.04 bits per heavy atom. The summed E-state index contributed by atoms with van der Waals surface area (Å²) in [7, 11) is 0. The van der Waals surface area contributed by atoms with E-state index in [1.165, 1.54) is 6.08 Å². The Bertz CT molecular complexity index is 694. The van der Waals surface area contributed by atoms with Crippen molar-refractivity contribution in [2.75, 3.05) is 13.2 Å². The maximum Gasteiger partial charge on any atom is 0.331 e. The van der Waals surface area contributed by atoms with Gasteiger partial charge in [0.1, 0.15) is 17.6 Å². The number of carbonyl (C=O) groups excluding carboxylic acids is 2. The van der Waals surface area contributed by atoms with Gasteiger partial charge in [-0.25, -0.2) is 4.79 Å². The number of esters is 1. The van der Waals surface area contributed by atoms with Crippen molar-refractivity contribution in [3.05, 3.63) is 29.3 Å². The number of amides is 1. The van der Waals surface area contributed by atoms with Crippen LogP contribution in [-0.2, 0) is 20.7 Å². The molecule has 2 rings (SSSR count). The fourth-order valence-electron chi connectivity index (χ4n) is 2.97. The van der Waals surface area contributed by atoms with Gasteiger partial charge in [-0.3, -0.25) is 4.79 Å². The summed E-state index contributed by atoms with van der Waals surface area (Å²) in [5.74, 6) is 0.639. The molecule has 27 heavy (non-hydrogen) atoms. The van der Waals surface area contributed by atoms with Crippen molar-refractivity contribution in [1.82, 2.24) is 5.32 Å². The first-order valence-corrected chi connectivity index (χ1v) is 9.57. The first-order chi connectivity index (χ1) is 13.0. The van der Waals surface area contributed by atoms with E-state index in [2.05, 4.69) is 5.32 Å². The third kappa shape index (κ3) is 6.01. The SMILES string of the molecule is CCOc1cc2c(cc1/C=C/C(=O)OCC(=O)NC(CC)CC)O[C@H](C)C2. The predicted octanol–water partition coefficient (Wildman–Crippen LogP) is 3.27. The van der Waals surface area contributed by atoms with Crippen LogP contribution < -0.4 is 14.8 Å². The number of benzene rings is 1. The van der Waals surface area contributed by atoms with Gasteiger partial charge < -0.3 is 19.5 Å². The highest BCUT2D eigenvalue weighted by atomic mass is 16.5. The molecule has 1 N–H and O–H groups in total. The van der Waals surface area contributed by atoms with Crippen molar-refractivity contribution in [3.63, 3.8) is 0 Å². The van der Waals surface area contributed by atoms with Crippen LogP contribution in [0.15, 0.2) is 18.2 Å². The van der Waals surface area contributed by atoms with Crippen LogP contribution in [0.5, 0.6) is 11.5 Å². The molecule has 6 nitrogen and oxygen atoms in total. The quantitative estimate of drug-likeness (QED) is 0.530. The van der Waals surface area contributed by atoms with Crippen LogP contribution in [0.2, 0.25) is 0 Å². The molecule has 1 heterocycles. The number of ether oxygens (including phenoxy) is 3. The number of carbonyl (C=O) groups is 2. The molecule has 0 saturated carbocycles. The summed E-state index contributed by atoms with van der Waals surface area (Å²) in [6.45, 7) is 8.16. The molecule has 1 atom stereocenters. The van der Waals surface area contributed by atoms with E-state index in [0.29, 0.717) is 12.4 Å². The topological polar surface area (TPSA) is 73.9 Å². The van der Waals surface area contributed by atoms with E-state index >= 15 is 0 Å². The van der Waals surface area contributed by atoms with Gasteiger partial charge in [0.2, 0.25) is 0 Å². The molecule has 1 aromatic carbocycles. The highest BCUT2D eigenvalue weighted by Crippen LogP contribution is 2.35. The first kappa shape index (κ1) is 20.8. The van der Waals surface area contributed by atoms with Crippen molar-refractivity contribution in [1.29, 1.82) is 0 Å². The minimum Gasteiger partial charge on any atom is -0.493 e. The van der Waals surface area contributed by atoms with Crippen LogP contribution in [0, 0.1) is 0 Å². The van der Waals surface area contributed by atoms with Gasteiger partial charge in [-0.05, 0) is 44.9 Å². The lowest BCUT2D eigenvalue weighted by molar-refractivity contribution is -0.144. The van der Waals surface area contributed by atoms with Crippen molar-refractivity contribution < 1.29 is 23.8 Å². The minimum absolute atomic E-state index is 0.106. The molecule has 0 aromatic heterocycles. The third-order valence-corrected chi connectivity index (χ3v) is 4.42. The van der Waals surface area contributed by atoms with Gasteiger partial charge in [-0.2, -0.15) is 0 Å². The molecule has 1 aliphatic heterocycles. The normalized spacial score (nSPS) is 15.5. The van der Waals surface area contributed by atoms with E-state index < -0.39 is 5.97 Å². The van der Waals surface area contributed by atoms with E-state index in [1.807, 2.05) is 39.8 Å². The maximum absolute atomic E-state index is 11.9. The second kappa shape index (κ2) is 10.00. The van der Waals surface area contributed by atoms with E-state index in [9.17, 15) is 9.59 Å². The zero-order chi connectivity index (χ0) is 19.8. The van der Waals surface area contributed by atoms with Gasteiger partial charge in [0.15, 0.2) is 6.61 Å². The molecule has 148 valence electrons. The summed E-state index contributed by atoms with van der Waals surface area (Å²) in [5, 5.41) is 2.83. The molecule has 1 aromatic rings. The Morgan fingerprint density at radius 1 is 1.30 bits per heavy atom. The number of hydrogen-bond donors (Lipinski definition) is 1.